The molecular formula is C15H18FN4O2S+. The monoisotopic (exact) mass is 337 g/mol. The third kappa shape index (κ3) is 4.02. The highest BCUT2D eigenvalue weighted by Gasteiger charge is 2.24. The molecule has 3 rings (SSSR count). The quantitative estimate of drug-likeness (QED) is 0.764. The molecule has 1 saturated carbocycles. The number of hydrogen-bond donors (Lipinski definition) is 2. The van der Waals surface area contributed by atoms with Crippen LogP contribution in [0.5, 0.6) is 0 Å². The van der Waals surface area contributed by atoms with Crippen molar-refractivity contribution < 1.29 is 18.5 Å². The van der Waals surface area contributed by atoms with Crippen LogP contribution in [0.15, 0.2) is 28.7 Å². The Kier molecular flexibility index (Phi) is 4.53. The van der Waals surface area contributed by atoms with Gasteiger partial charge in [0.05, 0.1) is 12.6 Å². The normalized spacial score (nSPS) is 15.4. The Labute approximate surface area is 137 Å². The van der Waals surface area contributed by atoms with E-state index in [1.807, 2.05) is 7.05 Å². The van der Waals surface area contributed by atoms with E-state index in [9.17, 15) is 9.18 Å². The Morgan fingerprint density at radius 3 is 2.96 bits per heavy atom. The molecule has 0 aliphatic heterocycles. The molecule has 1 amide bonds. The molecule has 122 valence electrons. The number of carbonyl (C=O) groups excluding carboxylic acids is 1. The number of halogens is 1. The molecule has 1 aliphatic rings. The van der Waals surface area contributed by atoms with E-state index in [0.29, 0.717) is 19.3 Å². The van der Waals surface area contributed by atoms with Crippen molar-refractivity contribution in [1.29, 1.82) is 0 Å². The van der Waals surface area contributed by atoms with Gasteiger partial charge in [-0.25, -0.2) is 4.39 Å². The van der Waals surface area contributed by atoms with Gasteiger partial charge in [-0.05, 0) is 37.2 Å². The molecular weight excluding hydrogens is 319 g/mol. The molecule has 1 fully saturated rings. The highest BCUT2D eigenvalue weighted by atomic mass is 32.1. The van der Waals surface area contributed by atoms with Crippen LogP contribution in [-0.2, 0) is 11.5 Å². The molecule has 0 saturated heterocycles. The third-order valence-corrected chi connectivity index (χ3v) is 3.83. The molecule has 1 aromatic heterocycles. The smallest absolute Gasteiger partial charge is 0.292 e. The van der Waals surface area contributed by atoms with Crippen LogP contribution in [0.2, 0.25) is 0 Å². The lowest BCUT2D eigenvalue weighted by molar-refractivity contribution is -0.895. The number of benzene rings is 1. The number of hydrogen-bond acceptors (Lipinski definition) is 4. The number of aromatic nitrogens is 2. The molecule has 0 spiro atoms. The first kappa shape index (κ1) is 15.8. The van der Waals surface area contributed by atoms with Crippen molar-refractivity contribution in [1.82, 2.24) is 15.1 Å². The summed E-state index contributed by atoms with van der Waals surface area (Å²) >= 11 is 5.13. The molecule has 8 heteroatoms. The molecule has 2 N–H and O–H groups in total. The summed E-state index contributed by atoms with van der Waals surface area (Å²) in [5, 5.41) is 7.15. The number of likely N-dealkylation sites (N-methyl/N-ethyl adjacent to an activating group) is 1. The third-order valence-electron chi connectivity index (χ3n) is 3.54. The molecule has 1 unspecified atom stereocenters. The van der Waals surface area contributed by atoms with Crippen LogP contribution >= 0.6 is 12.2 Å². The summed E-state index contributed by atoms with van der Waals surface area (Å²) in [6.07, 6.45) is 2.12. The van der Waals surface area contributed by atoms with Crippen LogP contribution < -0.4 is 10.2 Å². The molecule has 2 aromatic rings. The maximum atomic E-state index is 13.8. The SMILES string of the molecule is C[NH+](CC(=O)NC1CC1)Cn1nc(-c2ccccc2F)oc1=S. The van der Waals surface area contributed by atoms with Gasteiger partial charge in [-0.1, -0.05) is 12.1 Å². The summed E-state index contributed by atoms with van der Waals surface area (Å²) in [5.74, 6) is -0.266. The summed E-state index contributed by atoms with van der Waals surface area (Å²) in [4.78, 5) is 12.9. The summed E-state index contributed by atoms with van der Waals surface area (Å²) in [6.45, 7) is 0.690. The van der Waals surface area contributed by atoms with Gasteiger partial charge < -0.3 is 14.6 Å². The topological polar surface area (TPSA) is 64.5 Å². The van der Waals surface area contributed by atoms with Gasteiger partial charge in [0.15, 0.2) is 13.2 Å². The molecule has 1 atom stereocenters. The largest absolute Gasteiger partial charge is 0.409 e. The first-order valence-electron chi connectivity index (χ1n) is 7.46. The van der Waals surface area contributed by atoms with E-state index in [1.54, 1.807) is 18.2 Å². The maximum Gasteiger partial charge on any atom is 0.292 e. The Morgan fingerprint density at radius 1 is 1.52 bits per heavy atom. The second-order valence-corrected chi connectivity index (χ2v) is 6.14. The summed E-state index contributed by atoms with van der Waals surface area (Å²) in [5.41, 5.74) is 0.265. The van der Waals surface area contributed by atoms with E-state index in [1.165, 1.54) is 10.7 Å². The first-order valence-corrected chi connectivity index (χ1v) is 7.87. The van der Waals surface area contributed by atoms with Crippen molar-refractivity contribution in [3.8, 4) is 11.5 Å². The minimum atomic E-state index is -0.416. The number of nitrogens with zero attached hydrogens (tertiary/aromatic N) is 2. The van der Waals surface area contributed by atoms with Gasteiger partial charge in [-0.3, -0.25) is 4.79 Å². The fourth-order valence-electron chi connectivity index (χ4n) is 2.24. The van der Waals surface area contributed by atoms with Gasteiger partial charge in [-0.2, -0.15) is 4.68 Å². The van der Waals surface area contributed by atoms with Gasteiger partial charge in [0.25, 0.3) is 10.7 Å². The summed E-state index contributed by atoms with van der Waals surface area (Å²) < 4.78 is 20.6. The predicted octanol–water partition coefficient (Wildman–Crippen LogP) is 0.762. The van der Waals surface area contributed by atoms with Crippen molar-refractivity contribution in [2.45, 2.75) is 25.6 Å². The van der Waals surface area contributed by atoms with Crippen LogP contribution in [-0.4, -0.2) is 35.3 Å². The lowest BCUT2D eigenvalue weighted by Crippen LogP contribution is -3.09. The Morgan fingerprint density at radius 2 is 2.26 bits per heavy atom. The minimum Gasteiger partial charge on any atom is -0.409 e. The zero-order valence-corrected chi connectivity index (χ0v) is 13.5. The summed E-state index contributed by atoms with van der Waals surface area (Å²) in [7, 11) is 1.87. The van der Waals surface area contributed by atoms with Crippen LogP contribution in [0, 0.1) is 10.7 Å². The number of carbonyl (C=O) groups is 1. The fourth-order valence-corrected chi connectivity index (χ4v) is 2.43. The van der Waals surface area contributed by atoms with E-state index in [2.05, 4.69) is 10.4 Å². The van der Waals surface area contributed by atoms with Crippen molar-refractivity contribution in [2.75, 3.05) is 13.6 Å². The number of rotatable bonds is 6. The van der Waals surface area contributed by atoms with Crippen LogP contribution in [0.1, 0.15) is 12.8 Å². The Balaban J connectivity index is 1.67. The Hall–Kier alpha value is -2.06. The highest BCUT2D eigenvalue weighted by Crippen LogP contribution is 2.20. The molecule has 1 heterocycles. The van der Waals surface area contributed by atoms with E-state index in [0.717, 1.165) is 17.7 Å². The van der Waals surface area contributed by atoms with Crippen molar-refractivity contribution >= 4 is 18.1 Å². The molecule has 0 radical (unpaired) electrons. The van der Waals surface area contributed by atoms with Crippen molar-refractivity contribution in [3.63, 3.8) is 0 Å². The fraction of sp³-hybridized carbons (Fsp3) is 0.400. The van der Waals surface area contributed by atoms with E-state index >= 15 is 0 Å². The standard InChI is InChI=1S/C15H17FN4O2S/c1-19(8-13(21)17-10-6-7-10)9-20-15(23)22-14(18-20)11-4-2-3-5-12(11)16/h2-5,10H,6-9H2,1H3,(H,17,21)/p+1. The van der Waals surface area contributed by atoms with E-state index < -0.39 is 5.82 Å². The first-order chi connectivity index (χ1) is 11.0. The van der Waals surface area contributed by atoms with Gasteiger partial charge in [-0.15, -0.1) is 5.10 Å². The average molecular weight is 337 g/mol. The summed E-state index contributed by atoms with van der Waals surface area (Å²) in [6, 6.07) is 6.57. The lowest BCUT2D eigenvalue weighted by atomic mass is 10.2. The van der Waals surface area contributed by atoms with Gasteiger partial charge in [0.2, 0.25) is 5.89 Å². The van der Waals surface area contributed by atoms with Crippen LogP contribution in [0.25, 0.3) is 11.5 Å². The van der Waals surface area contributed by atoms with Gasteiger partial charge in [0.1, 0.15) is 5.82 Å². The highest BCUT2D eigenvalue weighted by molar-refractivity contribution is 7.71. The molecule has 23 heavy (non-hydrogen) atoms. The molecule has 0 bridgehead atoms. The van der Waals surface area contributed by atoms with Crippen LogP contribution in [0.4, 0.5) is 4.39 Å². The number of nitrogens with one attached hydrogen (secondary N) is 2. The van der Waals surface area contributed by atoms with Gasteiger partial charge >= 0.3 is 0 Å². The minimum absolute atomic E-state index is 0.00865. The lowest BCUT2D eigenvalue weighted by Gasteiger charge is -2.12. The van der Waals surface area contributed by atoms with E-state index in [4.69, 9.17) is 16.6 Å². The van der Waals surface area contributed by atoms with Crippen LogP contribution in [0.3, 0.4) is 0 Å². The average Bonchev–Trinajstić information content (AvgIpc) is 3.22. The zero-order valence-electron chi connectivity index (χ0n) is 12.7. The maximum absolute atomic E-state index is 13.8. The zero-order chi connectivity index (χ0) is 16.4. The molecule has 1 aliphatic carbocycles. The molecule has 1 aromatic carbocycles. The van der Waals surface area contributed by atoms with Crippen molar-refractivity contribution in [3.05, 3.63) is 34.9 Å². The number of amides is 1. The van der Waals surface area contributed by atoms with Crippen molar-refractivity contribution in [2.24, 2.45) is 0 Å². The Bertz CT molecular complexity index is 769. The second-order valence-electron chi connectivity index (χ2n) is 5.79. The van der Waals surface area contributed by atoms with E-state index in [-0.39, 0.29) is 22.2 Å². The number of quaternary nitrogens is 1. The van der Waals surface area contributed by atoms with Gasteiger partial charge in [0, 0.05) is 6.04 Å². The predicted molar refractivity (Wildman–Crippen MR) is 83.6 cm³/mol. The second kappa shape index (κ2) is 6.59. The molecule has 6 nitrogen and oxygen atoms in total.